The van der Waals surface area contributed by atoms with Crippen LogP contribution in [-0.4, -0.2) is 34.7 Å². The topological polar surface area (TPSA) is 86.6 Å². The van der Waals surface area contributed by atoms with Crippen LogP contribution in [0.15, 0.2) is 0 Å². The smallest absolute Gasteiger partial charge is 0.332 e. The fourth-order valence-electron chi connectivity index (χ4n) is 2.99. The van der Waals surface area contributed by atoms with E-state index in [1.165, 1.54) is 0 Å². The monoisotopic (exact) mass is 271 g/mol. The Balaban J connectivity index is 2.47. The number of hydrogen-bond acceptors (Lipinski definition) is 3. The fourth-order valence-corrected chi connectivity index (χ4v) is 2.99. The summed E-state index contributed by atoms with van der Waals surface area (Å²) >= 11 is 0. The van der Waals surface area contributed by atoms with Crippen LogP contribution in [0.3, 0.4) is 0 Å². The Morgan fingerprint density at radius 1 is 1.26 bits per heavy atom. The summed E-state index contributed by atoms with van der Waals surface area (Å²) in [6.45, 7) is 4.44. The maximum atomic E-state index is 12.3. The van der Waals surface area contributed by atoms with Gasteiger partial charge in [-0.3, -0.25) is 4.79 Å². The van der Waals surface area contributed by atoms with E-state index >= 15 is 0 Å². The highest BCUT2D eigenvalue weighted by atomic mass is 16.4. The number of carboxylic acids is 1. The number of carboxylic acid groups (broad SMARTS) is 1. The van der Waals surface area contributed by atoms with Gasteiger partial charge in [-0.2, -0.15) is 0 Å². The van der Waals surface area contributed by atoms with Gasteiger partial charge in [-0.15, -0.1) is 0 Å². The second kappa shape index (κ2) is 6.89. The number of aliphatic carboxylic acids is 1. The van der Waals surface area contributed by atoms with Gasteiger partial charge in [-0.1, -0.05) is 26.7 Å². The molecule has 1 atom stereocenters. The first kappa shape index (κ1) is 16.0. The van der Waals surface area contributed by atoms with E-state index in [0.29, 0.717) is 5.92 Å². The molecule has 0 bridgehead atoms. The molecule has 0 saturated heterocycles. The van der Waals surface area contributed by atoms with Gasteiger partial charge >= 0.3 is 5.97 Å². The fraction of sp³-hybridized carbons (Fsp3) is 0.857. The lowest BCUT2D eigenvalue weighted by molar-refractivity contribution is -0.147. The van der Waals surface area contributed by atoms with Crippen LogP contribution < -0.4 is 5.32 Å². The van der Waals surface area contributed by atoms with E-state index < -0.39 is 12.1 Å². The van der Waals surface area contributed by atoms with Crippen molar-refractivity contribution < 1.29 is 19.8 Å². The van der Waals surface area contributed by atoms with Crippen molar-refractivity contribution in [1.82, 2.24) is 5.32 Å². The van der Waals surface area contributed by atoms with Crippen LogP contribution in [-0.2, 0) is 9.59 Å². The van der Waals surface area contributed by atoms with E-state index in [0.717, 1.165) is 32.1 Å². The minimum Gasteiger partial charge on any atom is -0.479 e. The molecule has 0 aromatic carbocycles. The Morgan fingerprint density at radius 2 is 1.84 bits per heavy atom. The molecule has 19 heavy (non-hydrogen) atoms. The van der Waals surface area contributed by atoms with E-state index in [4.69, 9.17) is 10.2 Å². The number of aliphatic hydroxyl groups is 1. The second-order valence-corrected chi connectivity index (χ2v) is 5.98. The molecule has 0 radical (unpaired) electrons. The number of amides is 1. The van der Waals surface area contributed by atoms with Gasteiger partial charge in [0.05, 0.1) is 0 Å². The van der Waals surface area contributed by atoms with Gasteiger partial charge < -0.3 is 15.5 Å². The molecule has 0 spiro atoms. The van der Waals surface area contributed by atoms with Crippen molar-refractivity contribution >= 4 is 11.9 Å². The van der Waals surface area contributed by atoms with Crippen molar-refractivity contribution in [3.05, 3.63) is 0 Å². The van der Waals surface area contributed by atoms with E-state index in [1.54, 1.807) is 0 Å². The van der Waals surface area contributed by atoms with Crippen LogP contribution in [0.2, 0.25) is 0 Å². The molecular formula is C14H25NO4. The zero-order valence-corrected chi connectivity index (χ0v) is 11.8. The molecule has 1 amide bonds. The van der Waals surface area contributed by atoms with Crippen LogP contribution in [0, 0.1) is 11.3 Å². The molecule has 1 fully saturated rings. The molecule has 110 valence electrons. The maximum absolute atomic E-state index is 12.3. The number of rotatable bonds is 7. The van der Waals surface area contributed by atoms with E-state index in [9.17, 15) is 9.59 Å². The summed E-state index contributed by atoms with van der Waals surface area (Å²) in [4.78, 5) is 22.8. The molecule has 0 heterocycles. The Kier molecular flexibility index (Phi) is 5.79. The summed E-state index contributed by atoms with van der Waals surface area (Å²) in [6.07, 6.45) is 3.52. The highest BCUT2D eigenvalue weighted by Crippen LogP contribution is 2.43. The third-order valence-electron chi connectivity index (χ3n) is 3.83. The molecule has 1 saturated carbocycles. The normalized spacial score (nSPS) is 19.4. The number of aliphatic hydroxyl groups excluding tert-OH is 1. The first-order chi connectivity index (χ1) is 8.87. The average Bonchev–Trinajstić information content (AvgIpc) is 2.77. The molecule has 1 aliphatic rings. The highest BCUT2D eigenvalue weighted by Gasteiger charge is 2.41. The molecule has 0 aromatic rings. The SMILES string of the molecule is CC(C)CC1(C(=O)NCCC(O)C(=O)O)CCCC1. The summed E-state index contributed by atoms with van der Waals surface area (Å²) in [5.41, 5.74) is -0.275. The largest absolute Gasteiger partial charge is 0.479 e. The molecule has 1 aliphatic carbocycles. The predicted molar refractivity (Wildman–Crippen MR) is 71.6 cm³/mol. The summed E-state index contributed by atoms with van der Waals surface area (Å²) < 4.78 is 0. The van der Waals surface area contributed by atoms with Gasteiger partial charge in [-0.05, 0) is 25.2 Å². The lowest BCUT2D eigenvalue weighted by Crippen LogP contribution is -2.41. The van der Waals surface area contributed by atoms with Crippen molar-refractivity contribution in [2.24, 2.45) is 11.3 Å². The predicted octanol–water partition coefficient (Wildman–Crippen LogP) is 1.54. The molecule has 0 aromatic heterocycles. The summed E-state index contributed by atoms with van der Waals surface area (Å²) in [5.74, 6) is -0.753. The molecule has 3 N–H and O–H groups in total. The van der Waals surface area contributed by atoms with E-state index in [2.05, 4.69) is 19.2 Å². The quantitative estimate of drug-likeness (QED) is 0.655. The van der Waals surface area contributed by atoms with Crippen LogP contribution in [0.5, 0.6) is 0 Å². The summed E-state index contributed by atoms with van der Waals surface area (Å²) in [5, 5.41) is 20.5. The third-order valence-corrected chi connectivity index (χ3v) is 3.83. The highest BCUT2D eigenvalue weighted by molar-refractivity contribution is 5.83. The van der Waals surface area contributed by atoms with Gasteiger partial charge in [-0.25, -0.2) is 4.79 Å². The van der Waals surface area contributed by atoms with Gasteiger partial charge in [0.1, 0.15) is 0 Å². The molecule has 1 rings (SSSR count). The molecule has 0 aliphatic heterocycles. The standard InChI is InChI=1S/C14H25NO4/c1-10(2)9-14(6-3-4-7-14)13(19)15-8-5-11(16)12(17)18/h10-11,16H,3-9H2,1-2H3,(H,15,19)(H,17,18). The van der Waals surface area contributed by atoms with Crippen LogP contribution in [0.25, 0.3) is 0 Å². The van der Waals surface area contributed by atoms with Crippen LogP contribution in [0.4, 0.5) is 0 Å². The van der Waals surface area contributed by atoms with Crippen molar-refractivity contribution in [3.8, 4) is 0 Å². The van der Waals surface area contributed by atoms with Gasteiger partial charge in [0.25, 0.3) is 0 Å². The van der Waals surface area contributed by atoms with Crippen LogP contribution in [0.1, 0.15) is 52.4 Å². The first-order valence-electron chi connectivity index (χ1n) is 7.06. The average molecular weight is 271 g/mol. The summed E-state index contributed by atoms with van der Waals surface area (Å²) in [7, 11) is 0. The van der Waals surface area contributed by atoms with Gasteiger partial charge in [0.15, 0.2) is 6.10 Å². The number of nitrogens with one attached hydrogen (secondary N) is 1. The lowest BCUT2D eigenvalue weighted by atomic mass is 9.77. The Hall–Kier alpha value is -1.10. The van der Waals surface area contributed by atoms with Crippen molar-refractivity contribution in [2.45, 2.75) is 58.5 Å². The first-order valence-corrected chi connectivity index (χ1v) is 7.06. The van der Waals surface area contributed by atoms with Crippen LogP contribution >= 0.6 is 0 Å². The minimum absolute atomic E-state index is 0.0243. The third kappa shape index (κ3) is 4.49. The number of hydrogen-bond donors (Lipinski definition) is 3. The van der Waals surface area contributed by atoms with Gasteiger partial charge in [0.2, 0.25) is 5.91 Å². The maximum Gasteiger partial charge on any atom is 0.332 e. The van der Waals surface area contributed by atoms with Gasteiger partial charge in [0, 0.05) is 18.4 Å². The number of carbonyl (C=O) groups excluding carboxylic acids is 1. The lowest BCUT2D eigenvalue weighted by Gasteiger charge is -2.29. The zero-order chi connectivity index (χ0) is 14.5. The Bertz CT molecular complexity index is 321. The second-order valence-electron chi connectivity index (χ2n) is 5.98. The van der Waals surface area contributed by atoms with E-state index in [1.807, 2.05) is 0 Å². The van der Waals surface area contributed by atoms with Crippen molar-refractivity contribution in [2.75, 3.05) is 6.54 Å². The molecule has 5 nitrogen and oxygen atoms in total. The zero-order valence-electron chi connectivity index (χ0n) is 11.8. The molecule has 5 heteroatoms. The minimum atomic E-state index is -1.40. The Labute approximate surface area is 114 Å². The molecular weight excluding hydrogens is 246 g/mol. The van der Waals surface area contributed by atoms with E-state index in [-0.39, 0.29) is 24.3 Å². The molecule has 1 unspecified atom stereocenters. The number of carbonyl (C=O) groups is 2. The summed E-state index contributed by atoms with van der Waals surface area (Å²) in [6, 6.07) is 0. The van der Waals surface area contributed by atoms with Crippen molar-refractivity contribution in [1.29, 1.82) is 0 Å². The van der Waals surface area contributed by atoms with Crippen molar-refractivity contribution in [3.63, 3.8) is 0 Å². The Morgan fingerprint density at radius 3 is 2.32 bits per heavy atom.